The zero-order valence-electron chi connectivity index (χ0n) is 18.9. The van der Waals surface area contributed by atoms with Gasteiger partial charge in [0.2, 0.25) is 5.91 Å². The fourth-order valence-corrected chi connectivity index (χ4v) is 5.82. The number of amides is 2. The smallest absolute Gasteiger partial charge is 0.263 e. The first-order chi connectivity index (χ1) is 15.5. The van der Waals surface area contributed by atoms with E-state index in [4.69, 9.17) is 0 Å². The number of aromatic nitrogens is 1. The lowest BCUT2D eigenvalue weighted by atomic mass is 9.93. The number of rotatable bonds is 7. The Hall–Kier alpha value is -2.73. The Labute approximate surface area is 194 Å². The summed E-state index contributed by atoms with van der Waals surface area (Å²) in [6.45, 7) is 0.812. The number of carbonyl (C=O) groups is 2. The minimum Gasteiger partial charge on any atom is -0.344 e. The quantitative estimate of drug-likeness (QED) is 0.513. The lowest BCUT2D eigenvalue weighted by molar-refractivity contribution is -0.134. The van der Waals surface area contributed by atoms with Crippen LogP contribution in [-0.2, 0) is 17.6 Å². The zero-order chi connectivity index (χ0) is 22.5. The number of hydrogen-bond donors (Lipinski definition) is 0. The van der Waals surface area contributed by atoms with Gasteiger partial charge in [0.25, 0.3) is 5.91 Å². The van der Waals surface area contributed by atoms with Crippen LogP contribution in [-0.4, -0.2) is 53.3 Å². The Bertz CT molecular complexity index is 1080. The third kappa shape index (κ3) is 5.01. The van der Waals surface area contributed by atoms with Gasteiger partial charge in [-0.05, 0) is 67.7 Å². The van der Waals surface area contributed by atoms with Gasteiger partial charge in [-0.1, -0.05) is 24.3 Å². The van der Waals surface area contributed by atoms with Crippen LogP contribution in [0.3, 0.4) is 0 Å². The van der Waals surface area contributed by atoms with Gasteiger partial charge in [-0.2, -0.15) is 0 Å². The fourth-order valence-electron chi connectivity index (χ4n) is 4.56. The molecule has 1 saturated heterocycles. The molecule has 0 N–H and O–H groups in total. The summed E-state index contributed by atoms with van der Waals surface area (Å²) in [5, 5.41) is 1.15. The van der Waals surface area contributed by atoms with Crippen molar-refractivity contribution >= 4 is 33.2 Å². The number of aryl methyl sites for hydroxylation is 1. The predicted octanol–water partition coefficient (Wildman–Crippen LogP) is 4.94. The molecule has 4 rings (SSSR count). The average molecular weight is 450 g/mol. The summed E-state index contributed by atoms with van der Waals surface area (Å²) in [5.74, 6) is 0.274. The molecule has 6 heteroatoms. The first-order valence-corrected chi connectivity index (χ1v) is 12.3. The van der Waals surface area contributed by atoms with Gasteiger partial charge in [0.1, 0.15) is 0 Å². The summed E-state index contributed by atoms with van der Waals surface area (Å²) in [5.41, 5.74) is 2.13. The Morgan fingerprint density at radius 3 is 2.72 bits per heavy atom. The highest BCUT2D eigenvalue weighted by atomic mass is 32.1. The van der Waals surface area contributed by atoms with E-state index in [9.17, 15) is 9.59 Å². The second-order valence-corrected chi connectivity index (χ2v) is 9.77. The van der Waals surface area contributed by atoms with Gasteiger partial charge in [0, 0.05) is 49.7 Å². The molecule has 2 amide bonds. The minimum atomic E-state index is 0.0465. The maximum Gasteiger partial charge on any atom is 0.263 e. The lowest BCUT2D eigenvalue weighted by Gasteiger charge is -2.36. The fraction of sp³-hybridized carbons (Fsp3) is 0.423. The number of likely N-dealkylation sites (tertiary alicyclic amines) is 1. The number of piperidine rings is 1. The van der Waals surface area contributed by atoms with Gasteiger partial charge in [0.15, 0.2) is 0 Å². The molecule has 0 radical (unpaired) electrons. The molecule has 3 heterocycles. The SMILES string of the molecule is CN(C)C(=O)c1sc2ccccc2c1CC1CCCCN1C(=O)CCCc1ccccn1. The number of carbonyl (C=O) groups excluding carboxylic acids is 2. The molecular weight excluding hydrogens is 418 g/mol. The van der Waals surface area contributed by atoms with E-state index < -0.39 is 0 Å². The van der Waals surface area contributed by atoms with Crippen LogP contribution in [0.15, 0.2) is 48.7 Å². The van der Waals surface area contributed by atoms with Crippen molar-refractivity contribution in [1.82, 2.24) is 14.8 Å². The molecule has 0 aliphatic carbocycles. The molecule has 1 unspecified atom stereocenters. The van der Waals surface area contributed by atoms with Crippen LogP contribution in [0.25, 0.3) is 10.1 Å². The number of fused-ring (bicyclic) bond motifs is 1. The van der Waals surface area contributed by atoms with Gasteiger partial charge in [0.05, 0.1) is 4.88 Å². The van der Waals surface area contributed by atoms with Crippen LogP contribution in [0.2, 0.25) is 0 Å². The standard InChI is InChI=1S/C26H31N3O2S/c1-28(2)26(31)25-22(21-13-3-4-14-23(21)32-25)18-20-12-6-8-17-29(20)24(30)15-9-11-19-10-5-7-16-27-19/h3-5,7,10,13-14,16,20H,6,8-9,11-12,15,17-18H2,1-2H3. The van der Waals surface area contributed by atoms with Gasteiger partial charge in [-0.25, -0.2) is 0 Å². The Balaban J connectivity index is 1.51. The number of pyridine rings is 1. The molecule has 1 aromatic carbocycles. The molecule has 1 fully saturated rings. The Kier molecular flexibility index (Phi) is 7.20. The lowest BCUT2D eigenvalue weighted by Crippen LogP contribution is -2.45. The number of benzene rings is 1. The molecule has 1 atom stereocenters. The molecular formula is C26H31N3O2S. The maximum absolute atomic E-state index is 13.2. The number of nitrogens with zero attached hydrogens (tertiary/aromatic N) is 3. The Morgan fingerprint density at radius 1 is 1.12 bits per heavy atom. The van der Waals surface area contributed by atoms with Crippen LogP contribution in [0.1, 0.15) is 53.0 Å². The summed E-state index contributed by atoms with van der Waals surface area (Å²) < 4.78 is 1.14. The number of hydrogen-bond acceptors (Lipinski definition) is 4. The van der Waals surface area contributed by atoms with Crippen molar-refractivity contribution in [3.63, 3.8) is 0 Å². The highest BCUT2D eigenvalue weighted by molar-refractivity contribution is 7.21. The third-order valence-electron chi connectivity index (χ3n) is 6.24. The van der Waals surface area contributed by atoms with Gasteiger partial charge < -0.3 is 9.80 Å². The van der Waals surface area contributed by atoms with Crippen LogP contribution in [0, 0.1) is 0 Å². The summed E-state index contributed by atoms with van der Waals surface area (Å²) in [7, 11) is 3.60. The average Bonchev–Trinajstić information content (AvgIpc) is 3.18. The predicted molar refractivity (Wildman–Crippen MR) is 130 cm³/mol. The Morgan fingerprint density at radius 2 is 1.94 bits per heavy atom. The van der Waals surface area contributed by atoms with E-state index in [1.54, 1.807) is 36.5 Å². The molecule has 168 valence electrons. The first kappa shape index (κ1) is 22.5. The summed E-state index contributed by atoms with van der Waals surface area (Å²) in [6, 6.07) is 14.3. The van der Waals surface area contributed by atoms with Crippen molar-refractivity contribution < 1.29 is 9.59 Å². The van der Waals surface area contributed by atoms with Crippen LogP contribution < -0.4 is 0 Å². The highest BCUT2D eigenvalue weighted by Gasteiger charge is 2.29. The summed E-state index contributed by atoms with van der Waals surface area (Å²) >= 11 is 1.57. The molecule has 1 aliphatic heterocycles. The van der Waals surface area contributed by atoms with E-state index in [0.29, 0.717) is 6.42 Å². The first-order valence-electron chi connectivity index (χ1n) is 11.5. The monoisotopic (exact) mass is 449 g/mol. The second kappa shape index (κ2) is 10.3. The zero-order valence-corrected chi connectivity index (χ0v) is 19.7. The number of thiophene rings is 1. The van der Waals surface area contributed by atoms with Crippen molar-refractivity contribution in [3.05, 3.63) is 64.8 Å². The molecule has 0 saturated carbocycles. The van der Waals surface area contributed by atoms with E-state index in [1.165, 1.54) is 0 Å². The van der Waals surface area contributed by atoms with Crippen molar-refractivity contribution in [2.75, 3.05) is 20.6 Å². The van der Waals surface area contributed by atoms with Gasteiger partial charge in [-0.15, -0.1) is 11.3 Å². The van der Waals surface area contributed by atoms with Crippen molar-refractivity contribution in [2.24, 2.45) is 0 Å². The van der Waals surface area contributed by atoms with E-state index in [2.05, 4.69) is 22.0 Å². The third-order valence-corrected chi connectivity index (χ3v) is 7.44. The molecule has 2 aromatic heterocycles. The maximum atomic E-state index is 13.2. The van der Waals surface area contributed by atoms with E-state index in [-0.39, 0.29) is 17.9 Å². The van der Waals surface area contributed by atoms with E-state index in [1.807, 2.05) is 30.3 Å². The van der Waals surface area contributed by atoms with Crippen LogP contribution in [0.4, 0.5) is 0 Å². The van der Waals surface area contributed by atoms with Gasteiger partial charge in [-0.3, -0.25) is 14.6 Å². The van der Waals surface area contributed by atoms with Crippen molar-refractivity contribution in [2.45, 2.75) is 51.0 Å². The molecule has 5 nitrogen and oxygen atoms in total. The van der Waals surface area contributed by atoms with Crippen molar-refractivity contribution in [3.8, 4) is 0 Å². The van der Waals surface area contributed by atoms with Gasteiger partial charge >= 0.3 is 0 Å². The van der Waals surface area contributed by atoms with Crippen LogP contribution >= 0.6 is 11.3 Å². The molecule has 1 aliphatic rings. The van der Waals surface area contributed by atoms with E-state index >= 15 is 0 Å². The molecule has 0 bridgehead atoms. The normalized spacial score (nSPS) is 16.3. The minimum absolute atomic E-state index is 0.0465. The second-order valence-electron chi connectivity index (χ2n) is 8.72. The topological polar surface area (TPSA) is 53.5 Å². The molecule has 0 spiro atoms. The molecule has 3 aromatic rings. The molecule has 32 heavy (non-hydrogen) atoms. The summed E-state index contributed by atoms with van der Waals surface area (Å²) in [4.78, 5) is 35.0. The summed E-state index contributed by atoms with van der Waals surface area (Å²) in [6.07, 6.45) is 7.89. The van der Waals surface area contributed by atoms with E-state index in [0.717, 1.165) is 71.3 Å². The largest absolute Gasteiger partial charge is 0.344 e. The van der Waals surface area contributed by atoms with Crippen LogP contribution in [0.5, 0.6) is 0 Å². The highest BCUT2D eigenvalue weighted by Crippen LogP contribution is 2.35. The van der Waals surface area contributed by atoms with Crippen molar-refractivity contribution in [1.29, 1.82) is 0 Å².